The summed E-state index contributed by atoms with van der Waals surface area (Å²) >= 11 is 0. The Labute approximate surface area is 155 Å². The lowest BCUT2D eigenvalue weighted by molar-refractivity contribution is -0.130. The number of aryl methyl sites for hydroxylation is 1. The predicted molar refractivity (Wildman–Crippen MR) is 99.2 cm³/mol. The number of hydrogen-bond donors (Lipinski definition) is 1. The molecule has 1 aromatic rings. The Bertz CT molecular complexity index is 694. The SMILES string of the molecule is NC(=O)C1[C]CCc2cc(CN3CCC(N4CCCC4=O)CC3)ccc21. The fourth-order valence-corrected chi connectivity index (χ4v) is 4.67. The van der Waals surface area contributed by atoms with Crippen molar-refractivity contribution in [3.05, 3.63) is 41.3 Å². The van der Waals surface area contributed by atoms with Gasteiger partial charge in [0.1, 0.15) is 0 Å². The zero-order valence-corrected chi connectivity index (χ0v) is 15.2. The number of nitrogens with two attached hydrogens (primary N) is 1. The van der Waals surface area contributed by atoms with E-state index in [1.165, 1.54) is 11.1 Å². The Morgan fingerprint density at radius 1 is 1.19 bits per heavy atom. The van der Waals surface area contributed by atoms with Crippen molar-refractivity contribution in [1.82, 2.24) is 9.80 Å². The molecule has 0 aromatic heterocycles. The normalized spacial score (nSPS) is 24.7. The van der Waals surface area contributed by atoms with Crippen LogP contribution in [-0.4, -0.2) is 47.3 Å². The number of benzene rings is 1. The summed E-state index contributed by atoms with van der Waals surface area (Å²) in [5.74, 6) is -0.325. The number of hydrogen-bond acceptors (Lipinski definition) is 3. The monoisotopic (exact) mass is 353 g/mol. The zero-order valence-electron chi connectivity index (χ0n) is 15.2. The molecule has 5 heteroatoms. The van der Waals surface area contributed by atoms with Gasteiger partial charge in [-0.2, -0.15) is 0 Å². The molecule has 2 saturated heterocycles. The first-order chi connectivity index (χ1) is 12.6. The van der Waals surface area contributed by atoms with Crippen LogP contribution in [0.2, 0.25) is 0 Å². The molecule has 2 N–H and O–H groups in total. The third-order valence-corrected chi connectivity index (χ3v) is 6.06. The van der Waals surface area contributed by atoms with Crippen LogP contribution >= 0.6 is 0 Å². The number of primary amides is 1. The van der Waals surface area contributed by atoms with Crippen molar-refractivity contribution in [2.24, 2.45) is 5.73 Å². The number of likely N-dealkylation sites (tertiary alicyclic amines) is 2. The second-order valence-corrected chi connectivity index (χ2v) is 7.77. The van der Waals surface area contributed by atoms with Gasteiger partial charge in [0, 0.05) is 45.1 Å². The van der Waals surface area contributed by atoms with Crippen LogP contribution in [0.1, 0.15) is 54.7 Å². The summed E-state index contributed by atoms with van der Waals surface area (Å²) in [7, 11) is 0. The van der Waals surface area contributed by atoms with Crippen LogP contribution in [0.25, 0.3) is 0 Å². The molecule has 2 radical (unpaired) electrons. The second-order valence-electron chi connectivity index (χ2n) is 7.77. The number of nitrogens with zero attached hydrogens (tertiary/aromatic N) is 2. The molecule has 1 atom stereocenters. The van der Waals surface area contributed by atoms with E-state index in [0.29, 0.717) is 11.9 Å². The van der Waals surface area contributed by atoms with Crippen LogP contribution in [0.15, 0.2) is 18.2 Å². The van der Waals surface area contributed by atoms with Crippen molar-refractivity contribution in [3.63, 3.8) is 0 Å². The van der Waals surface area contributed by atoms with Gasteiger partial charge in [-0.1, -0.05) is 18.2 Å². The molecule has 26 heavy (non-hydrogen) atoms. The number of piperidine rings is 1. The molecule has 0 spiro atoms. The van der Waals surface area contributed by atoms with Crippen LogP contribution in [0.4, 0.5) is 0 Å². The first kappa shape index (κ1) is 17.5. The molecule has 5 nitrogen and oxygen atoms in total. The van der Waals surface area contributed by atoms with Gasteiger partial charge in [0.15, 0.2) is 0 Å². The van der Waals surface area contributed by atoms with E-state index in [2.05, 4.69) is 34.4 Å². The van der Waals surface area contributed by atoms with E-state index in [1.54, 1.807) is 0 Å². The van der Waals surface area contributed by atoms with Crippen molar-refractivity contribution >= 4 is 11.8 Å². The molecule has 0 bridgehead atoms. The van der Waals surface area contributed by atoms with Crippen LogP contribution in [-0.2, 0) is 22.6 Å². The quantitative estimate of drug-likeness (QED) is 0.899. The van der Waals surface area contributed by atoms with Crippen molar-refractivity contribution in [2.45, 2.75) is 57.0 Å². The number of carbonyl (C=O) groups excluding carboxylic acids is 2. The van der Waals surface area contributed by atoms with E-state index in [4.69, 9.17) is 5.73 Å². The maximum Gasteiger partial charge on any atom is 0.225 e. The fraction of sp³-hybridized carbons (Fsp3) is 0.571. The molecular weight excluding hydrogens is 326 g/mol. The minimum atomic E-state index is -0.360. The highest BCUT2D eigenvalue weighted by Crippen LogP contribution is 2.32. The maximum absolute atomic E-state index is 11.9. The van der Waals surface area contributed by atoms with Gasteiger partial charge in [-0.15, -0.1) is 0 Å². The molecule has 1 aliphatic carbocycles. The topological polar surface area (TPSA) is 66.6 Å². The van der Waals surface area contributed by atoms with Crippen molar-refractivity contribution in [2.75, 3.05) is 19.6 Å². The molecule has 0 saturated carbocycles. The lowest BCUT2D eigenvalue weighted by Crippen LogP contribution is -2.45. The van der Waals surface area contributed by atoms with E-state index in [-0.39, 0.29) is 11.8 Å². The molecule has 2 fully saturated rings. The number of fused-ring (bicyclic) bond motifs is 1. The van der Waals surface area contributed by atoms with Gasteiger partial charge in [0.2, 0.25) is 11.8 Å². The van der Waals surface area contributed by atoms with E-state index in [1.807, 2.05) is 0 Å². The standard InChI is InChI=1S/C21H27N3O2/c22-21(26)19-4-1-3-16-13-15(6-7-18(16)19)14-23-11-8-17(9-12-23)24-10-2-5-20(24)25/h6-7,13,17,19H,1-3,5,8-12,14H2,(H2,22,26). The van der Waals surface area contributed by atoms with Crippen LogP contribution < -0.4 is 5.73 Å². The van der Waals surface area contributed by atoms with Crippen molar-refractivity contribution < 1.29 is 9.59 Å². The highest BCUT2D eigenvalue weighted by atomic mass is 16.2. The van der Waals surface area contributed by atoms with Gasteiger partial charge in [0.05, 0.1) is 5.92 Å². The molecule has 2 aliphatic heterocycles. The largest absolute Gasteiger partial charge is 0.369 e. The summed E-state index contributed by atoms with van der Waals surface area (Å²) in [6, 6.07) is 6.86. The molecule has 1 aromatic carbocycles. The smallest absolute Gasteiger partial charge is 0.225 e. The summed E-state index contributed by atoms with van der Waals surface area (Å²) in [5.41, 5.74) is 9.07. The average molecular weight is 353 g/mol. The lowest BCUT2D eigenvalue weighted by atomic mass is 9.81. The summed E-state index contributed by atoms with van der Waals surface area (Å²) in [4.78, 5) is 28.1. The van der Waals surface area contributed by atoms with Gasteiger partial charge >= 0.3 is 0 Å². The molecular formula is C21H27N3O2. The summed E-state index contributed by atoms with van der Waals surface area (Å²) < 4.78 is 0. The van der Waals surface area contributed by atoms with E-state index >= 15 is 0 Å². The van der Waals surface area contributed by atoms with Gasteiger partial charge in [0.25, 0.3) is 0 Å². The molecule has 2 heterocycles. The Hall–Kier alpha value is -1.88. The maximum atomic E-state index is 11.9. The highest BCUT2D eigenvalue weighted by Gasteiger charge is 2.31. The van der Waals surface area contributed by atoms with Gasteiger partial charge < -0.3 is 10.6 Å². The van der Waals surface area contributed by atoms with Crippen molar-refractivity contribution in [1.29, 1.82) is 0 Å². The van der Waals surface area contributed by atoms with Crippen molar-refractivity contribution in [3.8, 4) is 0 Å². The minimum absolute atomic E-state index is 0.308. The minimum Gasteiger partial charge on any atom is -0.369 e. The van der Waals surface area contributed by atoms with Gasteiger partial charge in [-0.25, -0.2) is 0 Å². The van der Waals surface area contributed by atoms with E-state index < -0.39 is 0 Å². The zero-order chi connectivity index (χ0) is 18.1. The summed E-state index contributed by atoms with van der Waals surface area (Å²) in [6.07, 6.45) is 8.82. The Balaban J connectivity index is 1.37. The lowest BCUT2D eigenvalue weighted by Gasteiger charge is -2.36. The Morgan fingerprint density at radius 3 is 2.69 bits per heavy atom. The van der Waals surface area contributed by atoms with Crippen LogP contribution in [0, 0.1) is 6.42 Å². The predicted octanol–water partition coefficient (Wildman–Crippen LogP) is 1.87. The third kappa shape index (κ3) is 3.50. The number of rotatable bonds is 4. The Morgan fingerprint density at radius 2 is 2.00 bits per heavy atom. The Kier molecular flexibility index (Phi) is 4.98. The van der Waals surface area contributed by atoms with E-state index in [9.17, 15) is 9.59 Å². The third-order valence-electron chi connectivity index (χ3n) is 6.06. The first-order valence-corrected chi connectivity index (χ1v) is 9.78. The van der Waals surface area contributed by atoms with Gasteiger partial charge in [-0.05, 0) is 48.8 Å². The van der Waals surface area contributed by atoms with Gasteiger partial charge in [-0.3, -0.25) is 14.5 Å². The molecule has 3 aliphatic rings. The molecule has 1 unspecified atom stereocenters. The first-order valence-electron chi connectivity index (χ1n) is 9.78. The number of carbonyl (C=O) groups is 2. The molecule has 138 valence electrons. The van der Waals surface area contributed by atoms with Crippen LogP contribution in [0.3, 0.4) is 0 Å². The molecule has 4 rings (SSSR count). The highest BCUT2D eigenvalue weighted by molar-refractivity contribution is 5.84. The van der Waals surface area contributed by atoms with E-state index in [0.717, 1.165) is 70.3 Å². The second kappa shape index (κ2) is 7.39. The number of amides is 2. The molecule has 2 amide bonds. The summed E-state index contributed by atoms with van der Waals surface area (Å²) in [6.45, 7) is 3.96. The van der Waals surface area contributed by atoms with Crippen LogP contribution in [0.5, 0.6) is 0 Å². The summed E-state index contributed by atoms with van der Waals surface area (Å²) in [5, 5.41) is 0. The fourth-order valence-electron chi connectivity index (χ4n) is 4.67. The average Bonchev–Trinajstić information content (AvgIpc) is 3.07.